The van der Waals surface area contributed by atoms with Crippen LogP contribution < -0.4 is 15.8 Å². The Bertz CT molecular complexity index is 509. The number of anilines is 1. The molecule has 2 aromatic rings. The van der Waals surface area contributed by atoms with Crippen LogP contribution in [-0.2, 0) is 0 Å². The zero-order valence-corrected chi connectivity index (χ0v) is 9.85. The number of carbonyl (C=O) groups excluding carboxylic acids is 1. The van der Waals surface area contributed by atoms with Crippen molar-refractivity contribution in [2.45, 2.75) is 0 Å². The van der Waals surface area contributed by atoms with Crippen LogP contribution in [0.4, 0.5) is 5.69 Å². The van der Waals surface area contributed by atoms with Gasteiger partial charge in [0.1, 0.15) is 18.1 Å². The molecular formula is C13H15N3O2. The van der Waals surface area contributed by atoms with Crippen LogP contribution in [0.1, 0.15) is 10.5 Å². The normalized spacial score (nSPS) is 10.1. The summed E-state index contributed by atoms with van der Waals surface area (Å²) in [5.41, 5.74) is 6.56. The predicted octanol–water partition coefficient (Wildman–Crippen LogP) is 1.60. The molecule has 4 N–H and O–H groups in total. The number of benzene rings is 1. The highest BCUT2D eigenvalue weighted by atomic mass is 16.5. The third-order valence-electron chi connectivity index (χ3n) is 2.32. The molecule has 1 amide bonds. The number of H-pyrrole nitrogens is 1. The van der Waals surface area contributed by atoms with Crippen molar-refractivity contribution < 1.29 is 9.53 Å². The van der Waals surface area contributed by atoms with Crippen LogP contribution in [0, 0.1) is 0 Å². The SMILES string of the molecule is NCCOc1cccc(NC(=O)c2ccc[nH]2)c1. The van der Waals surface area contributed by atoms with Crippen LogP contribution in [0.2, 0.25) is 0 Å². The Kier molecular flexibility index (Phi) is 3.98. The average molecular weight is 245 g/mol. The maximum atomic E-state index is 11.8. The van der Waals surface area contributed by atoms with E-state index in [0.717, 1.165) is 0 Å². The van der Waals surface area contributed by atoms with Crippen LogP contribution in [-0.4, -0.2) is 24.0 Å². The first-order chi connectivity index (χ1) is 8.79. The molecule has 1 aromatic heterocycles. The number of hydrogen-bond acceptors (Lipinski definition) is 3. The van der Waals surface area contributed by atoms with Crippen molar-refractivity contribution in [1.29, 1.82) is 0 Å². The molecule has 0 unspecified atom stereocenters. The third kappa shape index (κ3) is 3.11. The molecule has 2 rings (SSSR count). The summed E-state index contributed by atoms with van der Waals surface area (Å²) in [5.74, 6) is 0.501. The molecule has 94 valence electrons. The first-order valence-electron chi connectivity index (χ1n) is 5.67. The van der Waals surface area contributed by atoms with Crippen molar-refractivity contribution in [2.75, 3.05) is 18.5 Å². The number of hydrogen-bond donors (Lipinski definition) is 3. The Morgan fingerprint density at radius 3 is 2.94 bits per heavy atom. The zero-order chi connectivity index (χ0) is 12.8. The minimum Gasteiger partial charge on any atom is -0.492 e. The van der Waals surface area contributed by atoms with Gasteiger partial charge in [0.05, 0.1) is 0 Å². The minimum atomic E-state index is -0.184. The molecule has 0 fully saturated rings. The van der Waals surface area contributed by atoms with E-state index < -0.39 is 0 Å². The summed E-state index contributed by atoms with van der Waals surface area (Å²) < 4.78 is 5.38. The molecular weight excluding hydrogens is 230 g/mol. The van der Waals surface area contributed by atoms with Crippen molar-refractivity contribution in [3.8, 4) is 5.75 Å². The van der Waals surface area contributed by atoms with E-state index in [1.165, 1.54) is 0 Å². The van der Waals surface area contributed by atoms with E-state index in [-0.39, 0.29) is 5.91 Å². The van der Waals surface area contributed by atoms with Crippen molar-refractivity contribution in [3.05, 3.63) is 48.3 Å². The van der Waals surface area contributed by atoms with Crippen LogP contribution in [0.15, 0.2) is 42.6 Å². The highest BCUT2D eigenvalue weighted by Gasteiger charge is 2.06. The standard InChI is InChI=1S/C13H15N3O2/c14-6-8-18-11-4-1-3-10(9-11)16-13(17)12-5-2-7-15-12/h1-5,7,9,15H,6,8,14H2,(H,16,17). The largest absolute Gasteiger partial charge is 0.492 e. The molecule has 5 heteroatoms. The van der Waals surface area contributed by atoms with Crippen molar-refractivity contribution in [1.82, 2.24) is 4.98 Å². The van der Waals surface area contributed by atoms with Crippen LogP contribution in [0.5, 0.6) is 5.75 Å². The van der Waals surface area contributed by atoms with E-state index >= 15 is 0 Å². The van der Waals surface area contributed by atoms with Crippen LogP contribution in [0.25, 0.3) is 0 Å². The number of amides is 1. The number of nitrogens with two attached hydrogens (primary N) is 1. The molecule has 0 aliphatic carbocycles. The fraction of sp³-hybridized carbons (Fsp3) is 0.154. The molecule has 5 nitrogen and oxygen atoms in total. The monoisotopic (exact) mass is 245 g/mol. The Labute approximate surface area is 105 Å². The molecule has 18 heavy (non-hydrogen) atoms. The lowest BCUT2D eigenvalue weighted by atomic mass is 10.3. The van der Waals surface area contributed by atoms with Gasteiger partial charge in [0, 0.05) is 24.5 Å². The van der Waals surface area contributed by atoms with Crippen LogP contribution in [0.3, 0.4) is 0 Å². The Morgan fingerprint density at radius 2 is 2.22 bits per heavy atom. The van der Waals surface area contributed by atoms with Gasteiger partial charge in [-0.05, 0) is 24.3 Å². The number of rotatable bonds is 5. The molecule has 0 aliphatic rings. The van der Waals surface area contributed by atoms with Crippen molar-refractivity contribution in [2.24, 2.45) is 5.73 Å². The Hall–Kier alpha value is -2.27. The summed E-state index contributed by atoms with van der Waals surface area (Å²) in [6, 6.07) is 10.7. The maximum absolute atomic E-state index is 11.8. The molecule has 0 bridgehead atoms. The van der Waals surface area contributed by atoms with E-state index in [4.69, 9.17) is 10.5 Å². The molecule has 0 saturated heterocycles. The number of nitrogens with one attached hydrogen (secondary N) is 2. The summed E-state index contributed by atoms with van der Waals surface area (Å²) in [7, 11) is 0. The molecule has 0 aliphatic heterocycles. The highest BCUT2D eigenvalue weighted by molar-refractivity contribution is 6.02. The van der Waals surface area contributed by atoms with Crippen molar-refractivity contribution >= 4 is 11.6 Å². The molecule has 0 atom stereocenters. The Balaban J connectivity index is 2.03. The first-order valence-corrected chi connectivity index (χ1v) is 5.67. The number of aromatic nitrogens is 1. The molecule has 1 heterocycles. The predicted molar refractivity (Wildman–Crippen MR) is 69.7 cm³/mol. The van der Waals surface area contributed by atoms with E-state index in [1.807, 2.05) is 12.1 Å². The van der Waals surface area contributed by atoms with E-state index in [0.29, 0.717) is 30.3 Å². The fourth-order valence-electron chi connectivity index (χ4n) is 1.51. The van der Waals surface area contributed by atoms with Gasteiger partial charge in [-0.1, -0.05) is 6.07 Å². The van der Waals surface area contributed by atoms with Gasteiger partial charge in [-0.2, -0.15) is 0 Å². The molecule has 0 radical (unpaired) electrons. The average Bonchev–Trinajstić information content (AvgIpc) is 2.91. The zero-order valence-electron chi connectivity index (χ0n) is 9.85. The summed E-state index contributed by atoms with van der Waals surface area (Å²) in [6.45, 7) is 0.910. The summed E-state index contributed by atoms with van der Waals surface area (Å²) in [5, 5.41) is 2.78. The third-order valence-corrected chi connectivity index (χ3v) is 2.32. The molecule has 1 aromatic carbocycles. The van der Waals surface area contributed by atoms with Gasteiger partial charge in [-0.25, -0.2) is 0 Å². The molecule has 0 saturated carbocycles. The quantitative estimate of drug-likeness (QED) is 0.748. The lowest BCUT2D eigenvalue weighted by molar-refractivity contribution is 0.102. The summed E-state index contributed by atoms with van der Waals surface area (Å²) in [6.07, 6.45) is 1.70. The highest BCUT2D eigenvalue weighted by Crippen LogP contribution is 2.17. The lowest BCUT2D eigenvalue weighted by Gasteiger charge is -2.07. The number of ether oxygens (including phenoxy) is 1. The van der Waals surface area contributed by atoms with Gasteiger partial charge in [0.2, 0.25) is 0 Å². The maximum Gasteiger partial charge on any atom is 0.272 e. The fourth-order valence-corrected chi connectivity index (χ4v) is 1.51. The van der Waals surface area contributed by atoms with Gasteiger partial charge in [-0.3, -0.25) is 4.79 Å². The second kappa shape index (κ2) is 5.88. The van der Waals surface area contributed by atoms with E-state index in [9.17, 15) is 4.79 Å². The van der Waals surface area contributed by atoms with Gasteiger partial charge < -0.3 is 20.8 Å². The number of carbonyl (C=O) groups is 1. The van der Waals surface area contributed by atoms with E-state index in [1.54, 1.807) is 30.5 Å². The molecule has 0 spiro atoms. The smallest absolute Gasteiger partial charge is 0.272 e. The Morgan fingerprint density at radius 1 is 1.33 bits per heavy atom. The van der Waals surface area contributed by atoms with E-state index in [2.05, 4.69) is 10.3 Å². The van der Waals surface area contributed by atoms with Gasteiger partial charge in [0.15, 0.2) is 0 Å². The number of aromatic amines is 1. The van der Waals surface area contributed by atoms with Gasteiger partial charge in [-0.15, -0.1) is 0 Å². The summed E-state index contributed by atoms with van der Waals surface area (Å²) >= 11 is 0. The summed E-state index contributed by atoms with van der Waals surface area (Å²) in [4.78, 5) is 14.6. The first kappa shape index (κ1) is 12.2. The second-order valence-electron chi connectivity index (χ2n) is 3.70. The second-order valence-corrected chi connectivity index (χ2v) is 3.70. The van der Waals surface area contributed by atoms with Crippen molar-refractivity contribution in [3.63, 3.8) is 0 Å². The lowest BCUT2D eigenvalue weighted by Crippen LogP contribution is -2.13. The van der Waals surface area contributed by atoms with Gasteiger partial charge in [0.25, 0.3) is 5.91 Å². The minimum absolute atomic E-state index is 0.184. The van der Waals surface area contributed by atoms with Gasteiger partial charge >= 0.3 is 0 Å². The van der Waals surface area contributed by atoms with Crippen LogP contribution >= 0.6 is 0 Å². The topological polar surface area (TPSA) is 80.1 Å².